The number of hydrogen-bond donors (Lipinski definition) is 3. The zero-order valence-corrected chi connectivity index (χ0v) is 31.7. The van der Waals surface area contributed by atoms with Crippen molar-refractivity contribution in [1.29, 1.82) is 0 Å². The SMILES string of the molecule is C#CCCCOC(=O)OCc1cnc(C)c(OC(=O)CCC/C=C\C[C@@H]2[C@@H](CC[C@@H](O)CCc3ccccc3)[C@H](O)C[C@@H]2O)c1COC(=O)OCCCC#C. The number of nitrogens with zero attached hydrogens (tertiary/aromatic N) is 1. The first-order chi connectivity index (χ1) is 26.6. The van der Waals surface area contributed by atoms with Crippen molar-refractivity contribution >= 4 is 18.3 Å². The van der Waals surface area contributed by atoms with Gasteiger partial charge in [0.25, 0.3) is 0 Å². The van der Waals surface area contributed by atoms with Gasteiger partial charge in [0.05, 0.1) is 37.2 Å². The summed E-state index contributed by atoms with van der Waals surface area (Å²) in [5.41, 5.74) is 2.13. The Morgan fingerprint density at radius 1 is 0.891 bits per heavy atom. The number of pyridine rings is 1. The van der Waals surface area contributed by atoms with E-state index in [9.17, 15) is 29.7 Å². The fraction of sp³-hybridized carbons (Fsp3) is 0.535. The van der Waals surface area contributed by atoms with E-state index in [1.54, 1.807) is 6.92 Å². The van der Waals surface area contributed by atoms with E-state index in [0.29, 0.717) is 81.9 Å². The van der Waals surface area contributed by atoms with Gasteiger partial charge in [-0.3, -0.25) is 9.78 Å². The predicted molar refractivity (Wildman–Crippen MR) is 204 cm³/mol. The molecule has 55 heavy (non-hydrogen) atoms. The van der Waals surface area contributed by atoms with Crippen LogP contribution >= 0.6 is 0 Å². The Hall–Kier alpha value is -4.88. The lowest BCUT2D eigenvalue weighted by Gasteiger charge is -2.23. The van der Waals surface area contributed by atoms with Gasteiger partial charge in [-0.2, -0.15) is 0 Å². The summed E-state index contributed by atoms with van der Waals surface area (Å²) in [6, 6.07) is 10.0. The van der Waals surface area contributed by atoms with Crippen molar-refractivity contribution in [3.05, 3.63) is 71.1 Å². The molecule has 0 saturated heterocycles. The highest BCUT2D eigenvalue weighted by atomic mass is 16.7. The lowest BCUT2D eigenvalue weighted by molar-refractivity contribution is -0.134. The molecular weight excluding hydrogens is 706 g/mol. The molecule has 1 fully saturated rings. The van der Waals surface area contributed by atoms with E-state index in [2.05, 4.69) is 16.8 Å². The van der Waals surface area contributed by atoms with Gasteiger partial charge in [-0.05, 0) is 88.5 Å². The van der Waals surface area contributed by atoms with Crippen LogP contribution in [0.25, 0.3) is 0 Å². The molecule has 298 valence electrons. The van der Waals surface area contributed by atoms with Crippen LogP contribution in [-0.4, -0.2) is 70.1 Å². The van der Waals surface area contributed by atoms with Crippen molar-refractivity contribution in [2.75, 3.05) is 13.2 Å². The third kappa shape index (κ3) is 16.6. The van der Waals surface area contributed by atoms with Gasteiger partial charge in [-0.1, -0.05) is 42.5 Å². The fourth-order valence-corrected chi connectivity index (χ4v) is 6.42. The van der Waals surface area contributed by atoms with Gasteiger partial charge < -0.3 is 39.0 Å². The van der Waals surface area contributed by atoms with E-state index in [1.165, 1.54) is 11.8 Å². The standard InChI is InChI=1S/C43H55NO11/c1-4-6-15-25-51-42(49)53-29-33-28-44-31(3)41(37(33)30-54-43(50)52-26-16-7-5-2)55-40(48)20-14-9-8-13-19-35-36(39(47)27-38(35)46)24-23-34(45)22-21-32-17-11-10-12-18-32/h1-2,8,10-13,17-18,28,34-36,38-39,45-47H,6-7,9,14-16,19-27,29-30H2,3H3/b13-8-/t34-,35+,36+,38-,39+/m0/s1. The van der Waals surface area contributed by atoms with E-state index < -0.39 is 36.6 Å². The number of aromatic nitrogens is 1. The number of aliphatic hydroxyl groups excluding tert-OH is 3. The Labute approximate surface area is 324 Å². The smallest absolute Gasteiger partial charge is 0.434 e. The lowest BCUT2D eigenvalue weighted by Crippen LogP contribution is -2.23. The highest BCUT2D eigenvalue weighted by molar-refractivity contribution is 5.73. The van der Waals surface area contributed by atoms with Crippen LogP contribution in [0.3, 0.4) is 0 Å². The average molecular weight is 762 g/mol. The Bertz CT molecular complexity index is 1600. The van der Waals surface area contributed by atoms with E-state index in [1.807, 2.05) is 42.5 Å². The van der Waals surface area contributed by atoms with Crippen LogP contribution in [0.15, 0.2) is 48.7 Å². The van der Waals surface area contributed by atoms with Crippen molar-refractivity contribution in [2.45, 2.75) is 122 Å². The predicted octanol–water partition coefficient (Wildman–Crippen LogP) is 6.68. The van der Waals surface area contributed by atoms with E-state index in [-0.39, 0.29) is 56.0 Å². The maximum Gasteiger partial charge on any atom is 0.508 e. The Morgan fingerprint density at radius 2 is 1.55 bits per heavy atom. The van der Waals surface area contributed by atoms with E-state index >= 15 is 0 Å². The van der Waals surface area contributed by atoms with Gasteiger partial charge >= 0.3 is 18.3 Å². The van der Waals surface area contributed by atoms with Crippen molar-refractivity contribution < 1.29 is 53.4 Å². The molecule has 1 heterocycles. The van der Waals surface area contributed by atoms with Crippen molar-refractivity contribution in [1.82, 2.24) is 4.98 Å². The second-order valence-electron chi connectivity index (χ2n) is 13.6. The molecule has 12 nitrogen and oxygen atoms in total. The molecule has 12 heteroatoms. The maximum atomic E-state index is 13.0. The number of benzene rings is 1. The first-order valence-corrected chi connectivity index (χ1v) is 19.0. The van der Waals surface area contributed by atoms with Crippen molar-refractivity contribution in [2.24, 2.45) is 11.8 Å². The maximum absolute atomic E-state index is 13.0. The van der Waals surface area contributed by atoms with Crippen LogP contribution in [0, 0.1) is 43.4 Å². The number of ether oxygens (including phenoxy) is 5. The number of carbonyl (C=O) groups is 3. The lowest BCUT2D eigenvalue weighted by atomic mass is 9.85. The minimum atomic E-state index is -0.947. The van der Waals surface area contributed by atoms with Crippen LogP contribution in [0.2, 0.25) is 0 Å². The van der Waals surface area contributed by atoms with Crippen LogP contribution in [0.1, 0.15) is 99.4 Å². The van der Waals surface area contributed by atoms with Crippen molar-refractivity contribution in [3.8, 4) is 30.4 Å². The molecule has 0 radical (unpaired) electrons. The monoisotopic (exact) mass is 761 g/mol. The van der Waals surface area contributed by atoms with Gasteiger partial charge in [0.2, 0.25) is 0 Å². The minimum Gasteiger partial charge on any atom is -0.434 e. The van der Waals surface area contributed by atoms with Crippen LogP contribution < -0.4 is 4.74 Å². The number of allylic oxidation sites excluding steroid dienone is 2. The largest absolute Gasteiger partial charge is 0.508 e. The Balaban J connectivity index is 1.52. The molecular formula is C43H55NO11. The number of aliphatic hydroxyl groups is 3. The fourth-order valence-electron chi connectivity index (χ4n) is 6.42. The summed E-state index contributed by atoms with van der Waals surface area (Å²) >= 11 is 0. The summed E-state index contributed by atoms with van der Waals surface area (Å²) in [7, 11) is 0. The molecule has 3 N–H and O–H groups in total. The molecule has 0 aliphatic heterocycles. The van der Waals surface area contributed by atoms with Gasteiger partial charge in [0.1, 0.15) is 13.2 Å². The quantitative estimate of drug-likeness (QED) is 0.0476. The normalized spacial score (nSPS) is 18.2. The second-order valence-corrected chi connectivity index (χ2v) is 13.6. The topological polar surface area (TPSA) is 171 Å². The van der Waals surface area contributed by atoms with Crippen molar-refractivity contribution in [3.63, 3.8) is 0 Å². The number of esters is 1. The molecule has 0 amide bonds. The molecule has 1 aliphatic carbocycles. The van der Waals surface area contributed by atoms with Crippen LogP contribution in [0.5, 0.6) is 5.75 Å². The molecule has 0 unspecified atom stereocenters. The minimum absolute atomic E-state index is 0.0691. The summed E-state index contributed by atoms with van der Waals surface area (Å²) in [5, 5.41) is 31.9. The van der Waals surface area contributed by atoms with Gasteiger partial charge in [0, 0.05) is 36.6 Å². The number of aryl methyl sites for hydroxylation is 2. The van der Waals surface area contributed by atoms with Gasteiger partial charge in [-0.15, -0.1) is 24.7 Å². The Kier molecular flexibility index (Phi) is 20.4. The van der Waals surface area contributed by atoms with E-state index in [4.69, 9.17) is 36.5 Å². The highest BCUT2D eigenvalue weighted by Gasteiger charge is 2.40. The number of unbranched alkanes of at least 4 members (excludes halogenated alkanes) is 3. The second kappa shape index (κ2) is 25.2. The van der Waals surface area contributed by atoms with Gasteiger partial charge in [-0.25, -0.2) is 9.59 Å². The first-order valence-electron chi connectivity index (χ1n) is 19.0. The molecule has 5 atom stereocenters. The highest BCUT2D eigenvalue weighted by Crippen LogP contribution is 2.38. The third-order valence-electron chi connectivity index (χ3n) is 9.46. The number of rotatable bonds is 23. The molecule has 1 aliphatic rings. The molecule has 3 rings (SSSR count). The summed E-state index contributed by atoms with van der Waals surface area (Å²) in [6.07, 6.45) is 18.6. The van der Waals surface area contributed by atoms with Gasteiger partial charge in [0.15, 0.2) is 5.75 Å². The molecule has 2 aromatic rings. The van der Waals surface area contributed by atoms with E-state index in [0.717, 1.165) is 6.42 Å². The Morgan fingerprint density at radius 3 is 2.22 bits per heavy atom. The zero-order valence-electron chi connectivity index (χ0n) is 31.7. The number of carbonyl (C=O) groups excluding carboxylic acids is 3. The summed E-state index contributed by atoms with van der Waals surface area (Å²) in [6.45, 7) is 1.13. The molecule has 1 saturated carbocycles. The number of terminal acetylenes is 2. The number of hydrogen-bond acceptors (Lipinski definition) is 12. The summed E-state index contributed by atoms with van der Waals surface area (Å²) in [4.78, 5) is 41.7. The summed E-state index contributed by atoms with van der Waals surface area (Å²) in [5.74, 6) is 4.22. The first kappa shape index (κ1) is 44.5. The summed E-state index contributed by atoms with van der Waals surface area (Å²) < 4.78 is 26.3. The van der Waals surface area contributed by atoms with Crippen LogP contribution in [0.4, 0.5) is 9.59 Å². The molecule has 1 aromatic carbocycles. The zero-order chi connectivity index (χ0) is 39.8. The molecule has 1 aromatic heterocycles. The molecule has 0 spiro atoms. The third-order valence-corrected chi connectivity index (χ3v) is 9.46. The van der Waals surface area contributed by atoms with Crippen LogP contribution in [-0.2, 0) is 43.4 Å². The average Bonchev–Trinajstić information content (AvgIpc) is 3.45. The molecule has 0 bridgehead atoms.